The van der Waals surface area contributed by atoms with Gasteiger partial charge in [-0.2, -0.15) is 0 Å². The molecule has 0 aliphatic rings. The summed E-state index contributed by atoms with van der Waals surface area (Å²) in [5.41, 5.74) is 4.90. The van der Waals surface area contributed by atoms with Crippen LogP contribution in [-0.2, 0) is 10.8 Å². The van der Waals surface area contributed by atoms with Gasteiger partial charge in [-0.05, 0) is 12.1 Å². The Hall–Kier alpha value is -1.10. The molecular weight excluding hydrogens is 166 g/mol. The van der Waals surface area contributed by atoms with Crippen molar-refractivity contribution in [1.29, 1.82) is 0 Å². The average molecular weight is 173 g/mol. The van der Waals surface area contributed by atoms with E-state index in [2.05, 4.69) is 0 Å². The predicted molar refractivity (Wildman–Crippen MR) is 39.6 cm³/mol. The van der Waals surface area contributed by atoms with Crippen LogP contribution in [0.5, 0.6) is 0 Å². The molecule has 0 bridgehead atoms. The molecule has 11 heavy (non-hydrogen) atoms. The highest BCUT2D eigenvalue weighted by molar-refractivity contribution is 7.84. The summed E-state index contributed by atoms with van der Waals surface area (Å²) < 4.78 is 15.6. The second-order valence-corrected chi connectivity index (χ2v) is 3.25. The van der Waals surface area contributed by atoms with Crippen molar-refractivity contribution in [3.05, 3.63) is 17.9 Å². The lowest BCUT2D eigenvalue weighted by molar-refractivity contribution is 0.0969. The van der Waals surface area contributed by atoms with E-state index >= 15 is 0 Å². The summed E-state index contributed by atoms with van der Waals surface area (Å²) in [5.74, 6) is -0.614. The molecule has 0 fully saturated rings. The van der Waals surface area contributed by atoms with Gasteiger partial charge in [0.15, 0.2) is 10.9 Å². The van der Waals surface area contributed by atoms with Crippen LogP contribution in [0.1, 0.15) is 10.6 Å². The van der Waals surface area contributed by atoms with Crippen LogP contribution in [0, 0.1) is 0 Å². The Morgan fingerprint density at radius 1 is 1.64 bits per heavy atom. The van der Waals surface area contributed by atoms with Crippen molar-refractivity contribution in [3.63, 3.8) is 0 Å². The molecule has 1 aromatic heterocycles. The van der Waals surface area contributed by atoms with Crippen molar-refractivity contribution >= 4 is 16.7 Å². The Labute approximate surface area is 65.8 Å². The molecular formula is C6H7NO3S. The van der Waals surface area contributed by atoms with Crippen LogP contribution >= 0.6 is 0 Å². The smallest absolute Gasteiger partial charge is 0.284 e. The largest absolute Gasteiger partial charge is 0.442 e. The van der Waals surface area contributed by atoms with E-state index in [4.69, 9.17) is 10.2 Å². The van der Waals surface area contributed by atoms with Gasteiger partial charge in [-0.25, -0.2) is 0 Å². The average Bonchev–Trinajstić information content (AvgIpc) is 2.33. The number of hydrogen-bond donors (Lipinski definition) is 1. The molecule has 4 nitrogen and oxygen atoms in total. The topological polar surface area (TPSA) is 73.3 Å². The van der Waals surface area contributed by atoms with Gasteiger partial charge in [0.1, 0.15) is 0 Å². The number of nitrogens with two attached hydrogens (primary N) is 1. The molecule has 0 aliphatic heterocycles. The number of carbonyl (C=O) groups excluding carboxylic acids is 1. The number of carbonyl (C=O) groups is 1. The quantitative estimate of drug-likeness (QED) is 0.690. The monoisotopic (exact) mass is 173 g/mol. The number of hydrogen-bond acceptors (Lipinski definition) is 3. The second kappa shape index (κ2) is 2.87. The molecule has 1 atom stereocenters. The molecule has 1 heterocycles. The summed E-state index contributed by atoms with van der Waals surface area (Å²) in [6.07, 6.45) is 1.46. The molecule has 60 valence electrons. The lowest BCUT2D eigenvalue weighted by Gasteiger charge is -1.87. The molecule has 0 saturated carbocycles. The van der Waals surface area contributed by atoms with E-state index in [1.54, 1.807) is 0 Å². The normalized spacial score (nSPS) is 12.8. The van der Waals surface area contributed by atoms with Gasteiger partial charge in [-0.15, -0.1) is 0 Å². The summed E-state index contributed by atoms with van der Waals surface area (Å²) in [7, 11) is -1.20. The minimum absolute atomic E-state index is 0.0372. The fourth-order valence-corrected chi connectivity index (χ4v) is 1.07. The summed E-state index contributed by atoms with van der Waals surface area (Å²) in [6.45, 7) is 0. The third-order valence-corrected chi connectivity index (χ3v) is 1.89. The van der Waals surface area contributed by atoms with Gasteiger partial charge in [-0.1, -0.05) is 0 Å². The Morgan fingerprint density at radius 2 is 2.27 bits per heavy atom. The summed E-state index contributed by atoms with van der Waals surface area (Å²) >= 11 is 0. The second-order valence-electron chi connectivity index (χ2n) is 1.94. The van der Waals surface area contributed by atoms with Crippen molar-refractivity contribution in [1.82, 2.24) is 0 Å². The maximum Gasteiger partial charge on any atom is 0.284 e. The molecule has 1 rings (SSSR count). The van der Waals surface area contributed by atoms with Crippen LogP contribution in [0.2, 0.25) is 0 Å². The van der Waals surface area contributed by atoms with E-state index in [9.17, 15) is 9.00 Å². The molecule has 5 heteroatoms. The first-order valence-electron chi connectivity index (χ1n) is 2.84. The van der Waals surface area contributed by atoms with Crippen molar-refractivity contribution in [2.75, 3.05) is 6.26 Å². The van der Waals surface area contributed by atoms with E-state index in [1.165, 1.54) is 18.4 Å². The Morgan fingerprint density at radius 3 is 2.55 bits per heavy atom. The van der Waals surface area contributed by atoms with E-state index in [1.807, 2.05) is 0 Å². The van der Waals surface area contributed by atoms with E-state index < -0.39 is 16.7 Å². The number of rotatable bonds is 2. The highest BCUT2D eigenvalue weighted by Gasteiger charge is 2.08. The molecule has 1 unspecified atom stereocenters. The van der Waals surface area contributed by atoms with E-state index in [0.29, 0.717) is 0 Å². The molecule has 0 radical (unpaired) electrons. The van der Waals surface area contributed by atoms with E-state index in [0.717, 1.165) is 0 Å². The molecule has 2 N–H and O–H groups in total. The molecule has 0 spiro atoms. The zero-order valence-electron chi connectivity index (χ0n) is 5.87. The first-order valence-corrected chi connectivity index (χ1v) is 4.40. The maximum absolute atomic E-state index is 10.7. The number of furan rings is 1. The van der Waals surface area contributed by atoms with Crippen LogP contribution in [0.25, 0.3) is 0 Å². The first-order chi connectivity index (χ1) is 5.11. The van der Waals surface area contributed by atoms with Crippen LogP contribution in [-0.4, -0.2) is 16.4 Å². The van der Waals surface area contributed by atoms with Gasteiger partial charge in [0.05, 0.1) is 10.8 Å². The summed E-state index contributed by atoms with van der Waals surface area (Å²) in [4.78, 5) is 10.5. The highest BCUT2D eigenvalue weighted by atomic mass is 32.2. The Balaban J connectivity index is 2.99. The van der Waals surface area contributed by atoms with Gasteiger partial charge in [0.25, 0.3) is 5.91 Å². The summed E-state index contributed by atoms with van der Waals surface area (Å²) in [6, 6.07) is 2.87. The van der Waals surface area contributed by atoms with Crippen molar-refractivity contribution < 1.29 is 13.4 Å². The number of primary amides is 1. The van der Waals surface area contributed by atoms with Crippen molar-refractivity contribution in [2.45, 2.75) is 5.09 Å². The van der Waals surface area contributed by atoms with Crippen LogP contribution in [0.4, 0.5) is 0 Å². The molecule has 0 aliphatic carbocycles. The van der Waals surface area contributed by atoms with Crippen LogP contribution < -0.4 is 5.73 Å². The Kier molecular flexibility index (Phi) is 2.09. The SMILES string of the molecule is CS(=O)c1ccc(C(N)=O)o1. The standard InChI is InChI=1S/C6H7NO3S/c1-11(9)5-3-2-4(10-5)6(7)8/h2-3H,1H3,(H2,7,8). The minimum Gasteiger partial charge on any atom is -0.442 e. The van der Waals surface area contributed by atoms with Gasteiger partial charge in [0, 0.05) is 6.26 Å². The third-order valence-electron chi connectivity index (χ3n) is 1.11. The van der Waals surface area contributed by atoms with Crippen LogP contribution in [0.15, 0.2) is 21.6 Å². The Bertz CT molecular complexity index is 276. The van der Waals surface area contributed by atoms with Gasteiger partial charge < -0.3 is 10.2 Å². The highest BCUT2D eigenvalue weighted by Crippen LogP contribution is 2.09. The molecule has 0 aromatic carbocycles. The predicted octanol–water partition coefficient (Wildman–Crippen LogP) is 0.116. The molecule has 0 saturated heterocycles. The third kappa shape index (κ3) is 1.68. The van der Waals surface area contributed by atoms with Crippen molar-refractivity contribution in [2.24, 2.45) is 5.73 Å². The zero-order chi connectivity index (χ0) is 8.43. The number of amides is 1. The maximum atomic E-state index is 10.7. The van der Waals surface area contributed by atoms with Gasteiger partial charge in [-0.3, -0.25) is 9.00 Å². The molecule has 1 amide bonds. The lowest BCUT2D eigenvalue weighted by atomic mass is 10.4. The minimum atomic E-state index is -1.20. The first kappa shape index (κ1) is 8.00. The zero-order valence-corrected chi connectivity index (χ0v) is 6.68. The van der Waals surface area contributed by atoms with Gasteiger partial charge in [0.2, 0.25) is 0 Å². The van der Waals surface area contributed by atoms with Crippen LogP contribution in [0.3, 0.4) is 0 Å². The molecule has 1 aromatic rings. The van der Waals surface area contributed by atoms with Gasteiger partial charge >= 0.3 is 0 Å². The lowest BCUT2D eigenvalue weighted by Crippen LogP contribution is -2.09. The van der Waals surface area contributed by atoms with Crippen molar-refractivity contribution in [3.8, 4) is 0 Å². The van der Waals surface area contributed by atoms with E-state index in [-0.39, 0.29) is 10.9 Å². The fraction of sp³-hybridized carbons (Fsp3) is 0.167. The summed E-state index contributed by atoms with van der Waals surface area (Å²) in [5, 5.41) is 0.263. The fourth-order valence-electron chi connectivity index (χ4n) is 0.607.